The molecule has 0 spiro atoms. The van der Waals surface area contributed by atoms with Crippen molar-refractivity contribution in [3.05, 3.63) is 57.6 Å². The van der Waals surface area contributed by atoms with Crippen LogP contribution in [0.25, 0.3) is 0 Å². The molecule has 0 atom stereocenters. The van der Waals surface area contributed by atoms with Gasteiger partial charge in [0, 0.05) is 29.8 Å². The van der Waals surface area contributed by atoms with Crippen LogP contribution in [0.5, 0.6) is 0 Å². The topological polar surface area (TPSA) is 119 Å². The van der Waals surface area contributed by atoms with E-state index in [1.807, 2.05) is 0 Å². The van der Waals surface area contributed by atoms with E-state index in [0.717, 1.165) is 4.31 Å². The lowest BCUT2D eigenvalue weighted by Crippen LogP contribution is -2.23. The average Bonchev–Trinajstić information content (AvgIpc) is 2.72. The van der Waals surface area contributed by atoms with E-state index in [0.29, 0.717) is 4.47 Å². The van der Waals surface area contributed by atoms with Crippen LogP contribution in [0.1, 0.15) is 31.1 Å². The molecule has 2 rings (SSSR count). The number of benzene rings is 2. The average molecular weight is 499 g/mol. The summed E-state index contributed by atoms with van der Waals surface area (Å²) in [7, 11) is 1.32. The Balaban J connectivity index is 2.45. The summed E-state index contributed by atoms with van der Waals surface area (Å²) in [4.78, 5) is 36.4. The van der Waals surface area contributed by atoms with Gasteiger partial charge in [0.25, 0.3) is 5.91 Å². The number of nitrogens with one attached hydrogen (secondary N) is 1. The molecular formula is C19H19BrN2O7S. The number of carbonyl (C=O) groups excluding carboxylic acids is 3. The number of ether oxygens (including phenoxy) is 2. The molecule has 0 saturated heterocycles. The van der Waals surface area contributed by atoms with Crippen molar-refractivity contribution in [1.29, 1.82) is 0 Å². The summed E-state index contributed by atoms with van der Waals surface area (Å²) in [6, 6.07) is 8.02. The Kier molecular flexibility index (Phi) is 7.34. The number of hydrogen-bond donors (Lipinski definition) is 1. The first-order chi connectivity index (χ1) is 14.0. The van der Waals surface area contributed by atoms with Crippen LogP contribution in [0, 0.1) is 0 Å². The van der Waals surface area contributed by atoms with Gasteiger partial charge in [0.1, 0.15) is 0 Å². The minimum Gasteiger partial charge on any atom is -0.465 e. The predicted octanol–water partition coefficient (Wildman–Crippen LogP) is 2.52. The SMILES string of the molecule is COC(=O)c1cc(NC(=O)c2ccc(Br)c(S(=O)(=O)N(C)C)c2)cc(C(=O)OC)c1. The van der Waals surface area contributed by atoms with Crippen molar-refractivity contribution in [1.82, 2.24) is 4.31 Å². The lowest BCUT2D eigenvalue weighted by atomic mass is 10.1. The van der Waals surface area contributed by atoms with Gasteiger partial charge in [0.05, 0.1) is 30.2 Å². The van der Waals surface area contributed by atoms with Gasteiger partial charge in [-0.05, 0) is 52.3 Å². The molecule has 0 radical (unpaired) electrons. The molecule has 160 valence electrons. The van der Waals surface area contributed by atoms with E-state index < -0.39 is 27.9 Å². The van der Waals surface area contributed by atoms with E-state index in [9.17, 15) is 22.8 Å². The molecular weight excluding hydrogens is 480 g/mol. The molecule has 11 heteroatoms. The van der Waals surface area contributed by atoms with Crippen LogP contribution in [0.15, 0.2) is 45.8 Å². The van der Waals surface area contributed by atoms with Crippen LogP contribution in [0.2, 0.25) is 0 Å². The zero-order chi connectivity index (χ0) is 22.6. The molecule has 30 heavy (non-hydrogen) atoms. The van der Waals surface area contributed by atoms with Crippen molar-refractivity contribution in [2.45, 2.75) is 4.90 Å². The van der Waals surface area contributed by atoms with Gasteiger partial charge < -0.3 is 14.8 Å². The molecule has 0 aliphatic carbocycles. The highest BCUT2D eigenvalue weighted by Crippen LogP contribution is 2.26. The lowest BCUT2D eigenvalue weighted by molar-refractivity contribution is 0.0598. The second-order valence-corrected chi connectivity index (χ2v) is 9.14. The minimum absolute atomic E-state index is 0.0300. The maximum absolute atomic E-state index is 12.7. The maximum atomic E-state index is 12.7. The smallest absolute Gasteiger partial charge is 0.337 e. The van der Waals surface area contributed by atoms with Gasteiger partial charge in [-0.3, -0.25) is 4.79 Å². The van der Waals surface area contributed by atoms with Gasteiger partial charge >= 0.3 is 11.9 Å². The van der Waals surface area contributed by atoms with E-state index in [4.69, 9.17) is 0 Å². The molecule has 0 heterocycles. The van der Waals surface area contributed by atoms with Crippen molar-refractivity contribution in [3.63, 3.8) is 0 Å². The Morgan fingerprint density at radius 1 is 0.900 bits per heavy atom. The summed E-state index contributed by atoms with van der Waals surface area (Å²) >= 11 is 3.18. The molecule has 0 saturated carbocycles. The Morgan fingerprint density at radius 3 is 1.90 bits per heavy atom. The molecule has 2 aromatic carbocycles. The molecule has 2 aromatic rings. The first kappa shape index (κ1) is 23.5. The third-order valence-corrected chi connectivity index (χ3v) is 6.79. The standard InChI is InChI=1S/C19H19BrN2O7S/c1-22(2)30(26,27)16-10-11(5-6-15(16)20)17(23)21-14-8-12(18(24)28-3)7-13(9-14)19(25)29-4/h5-10H,1-4H3,(H,21,23). The van der Waals surface area contributed by atoms with E-state index in [1.54, 1.807) is 0 Å². The molecule has 0 unspecified atom stereocenters. The summed E-state index contributed by atoms with van der Waals surface area (Å²) in [5.74, 6) is -2.06. The van der Waals surface area contributed by atoms with Crippen LogP contribution in [0.4, 0.5) is 5.69 Å². The Labute approximate surface area is 182 Å². The van der Waals surface area contributed by atoms with Gasteiger partial charge in [0.15, 0.2) is 0 Å². The summed E-state index contributed by atoms with van der Waals surface area (Å²) < 4.78 is 35.5. The fourth-order valence-electron chi connectivity index (χ4n) is 2.41. The van der Waals surface area contributed by atoms with E-state index in [-0.39, 0.29) is 27.3 Å². The first-order valence-corrected chi connectivity index (χ1v) is 10.6. The van der Waals surface area contributed by atoms with Crippen molar-refractivity contribution in [2.75, 3.05) is 33.6 Å². The fourth-order valence-corrected chi connectivity index (χ4v) is 4.26. The Morgan fingerprint density at radius 2 is 1.43 bits per heavy atom. The first-order valence-electron chi connectivity index (χ1n) is 8.36. The number of anilines is 1. The van der Waals surface area contributed by atoms with Crippen molar-refractivity contribution < 1.29 is 32.3 Å². The van der Waals surface area contributed by atoms with Gasteiger partial charge in [0.2, 0.25) is 10.0 Å². The third kappa shape index (κ3) is 5.04. The van der Waals surface area contributed by atoms with Gasteiger partial charge in [-0.25, -0.2) is 22.3 Å². The Bertz CT molecular complexity index is 1080. The van der Waals surface area contributed by atoms with Gasteiger partial charge in [-0.2, -0.15) is 0 Å². The largest absolute Gasteiger partial charge is 0.465 e. The molecule has 9 nitrogen and oxygen atoms in total. The normalized spacial score (nSPS) is 11.1. The number of halogens is 1. The number of nitrogens with zero attached hydrogens (tertiary/aromatic N) is 1. The number of amides is 1. The monoisotopic (exact) mass is 498 g/mol. The number of carbonyl (C=O) groups is 3. The van der Waals surface area contributed by atoms with Crippen LogP contribution in [-0.2, 0) is 19.5 Å². The number of methoxy groups -OCH3 is 2. The minimum atomic E-state index is -3.80. The molecule has 0 fully saturated rings. The van der Waals surface area contributed by atoms with Crippen LogP contribution in [0.3, 0.4) is 0 Å². The van der Waals surface area contributed by atoms with Gasteiger partial charge in [-0.1, -0.05) is 0 Å². The summed E-state index contributed by atoms with van der Waals surface area (Å²) in [5, 5.41) is 2.55. The highest BCUT2D eigenvalue weighted by Gasteiger charge is 2.22. The third-order valence-electron chi connectivity index (χ3n) is 3.99. The predicted molar refractivity (Wildman–Crippen MR) is 112 cm³/mol. The summed E-state index contributed by atoms with van der Waals surface area (Å²) in [6.07, 6.45) is 0. The summed E-state index contributed by atoms with van der Waals surface area (Å²) in [5.41, 5.74) is 0.245. The van der Waals surface area contributed by atoms with Gasteiger partial charge in [-0.15, -0.1) is 0 Å². The van der Waals surface area contributed by atoms with E-state index in [1.165, 1.54) is 64.7 Å². The molecule has 0 aliphatic rings. The van der Waals surface area contributed by atoms with E-state index in [2.05, 4.69) is 30.7 Å². The number of hydrogen-bond acceptors (Lipinski definition) is 7. The zero-order valence-corrected chi connectivity index (χ0v) is 19.0. The fraction of sp³-hybridized carbons (Fsp3) is 0.211. The molecule has 1 N–H and O–H groups in total. The van der Waals surface area contributed by atoms with Crippen LogP contribution < -0.4 is 5.32 Å². The van der Waals surface area contributed by atoms with Crippen molar-refractivity contribution in [2.24, 2.45) is 0 Å². The second kappa shape index (κ2) is 9.37. The maximum Gasteiger partial charge on any atom is 0.337 e. The lowest BCUT2D eigenvalue weighted by Gasteiger charge is -2.14. The Hall–Kier alpha value is -2.76. The van der Waals surface area contributed by atoms with E-state index >= 15 is 0 Å². The quantitative estimate of drug-likeness (QED) is 0.607. The molecule has 0 aliphatic heterocycles. The number of sulfonamides is 1. The zero-order valence-electron chi connectivity index (χ0n) is 16.6. The van der Waals surface area contributed by atoms with Crippen molar-refractivity contribution >= 4 is 49.5 Å². The highest BCUT2D eigenvalue weighted by atomic mass is 79.9. The van der Waals surface area contributed by atoms with Crippen LogP contribution in [-0.4, -0.2) is 58.9 Å². The molecule has 0 bridgehead atoms. The number of rotatable bonds is 6. The van der Waals surface area contributed by atoms with Crippen LogP contribution >= 0.6 is 15.9 Å². The number of esters is 2. The highest BCUT2D eigenvalue weighted by molar-refractivity contribution is 9.10. The molecule has 0 aromatic heterocycles. The summed E-state index contributed by atoms with van der Waals surface area (Å²) in [6.45, 7) is 0. The van der Waals surface area contributed by atoms with Crippen molar-refractivity contribution in [3.8, 4) is 0 Å². The second-order valence-electron chi connectivity index (χ2n) is 6.17. The molecule has 1 amide bonds.